The number of rotatable bonds is 3. The molecule has 0 saturated carbocycles. The molecule has 1 fully saturated rings. The summed E-state index contributed by atoms with van der Waals surface area (Å²) in [6, 6.07) is 10.1. The van der Waals surface area contributed by atoms with E-state index in [0.29, 0.717) is 13.1 Å². The maximum absolute atomic E-state index is 11.7. The number of halogens is 1. The van der Waals surface area contributed by atoms with Gasteiger partial charge in [0.2, 0.25) is 5.91 Å². The molecule has 1 aromatic rings. The SMILES string of the molecule is COCC(=O)N1C[C@@H](N)[C@H](c2ccccc2)C1.Cl. The summed E-state index contributed by atoms with van der Waals surface area (Å²) in [5.41, 5.74) is 7.30. The van der Waals surface area contributed by atoms with Crippen molar-refractivity contribution in [2.45, 2.75) is 12.0 Å². The normalized spacial score (nSPS) is 22.7. The molecule has 2 N–H and O–H groups in total. The summed E-state index contributed by atoms with van der Waals surface area (Å²) in [7, 11) is 1.53. The van der Waals surface area contributed by atoms with Crippen LogP contribution in [0.4, 0.5) is 0 Å². The van der Waals surface area contributed by atoms with Crippen molar-refractivity contribution in [2.75, 3.05) is 26.8 Å². The van der Waals surface area contributed by atoms with Crippen LogP contribution in [-0.4, -0.2) is 43.7 Å². The van der Waals surface area contributed by atoms with Gasteiger partial charge in [0.25, 0.3) is 0 Å². The van der Waals surface area contributed by atoms with E-state index in [-0.39, 0.29) is 36.9 Å². The van der Waals surface area contributed by atoms with Crippen molar-refractivity contribution in [2.24, 2.45) is 5.73 Å². The molecule has 0 aromatic heterocycles. The fourth-order valence-electron chi connectivity index (χ4n) is 2.30. The fraction of sp³-hybridized carbons (Fsp3) is 0.462. The molecule has 0 unspecified atom stereocenters. The molecular weight excluding hydrogens is 252 g/mol. The third kappa shape index (κ3) is 3.22. The van der Waals surface area contributed by atoms with E-state index in [9.17, 15) is 4.79 Å². The van der Waals surface area contributed by atoms with Gasteiger partial charge in [-0.15, -0.1) is 12.4 Å². The van der Waals surface area contributed by atoms with Crippen LogP contribution < -0.4 is 5.73 Å². The molecular formula is C13H19ClN2O2. The summed E-state index contributed by atoms with van der Waals surface area (Å²) >= 11 is 0. The van der Waals surface area contributed by atoms with Crippen molar-refractivity contribution in [3.8, 4) is 0 Å². The van der Waals surface area contributed by atoms with E-state index in [0.717, 1.165) is 0 Å². The molecule has 18 heavy (non-hydrogen) atoms. The topological polar surface area (TPSA) is 55.6 Å². The van der Waals surface area contributed by atoms with Gasteiger partial charge in [-0.1, -0.05) is 30.3 Å². The lowest BCUT2D eigenvalue weighted by Crippen LogP contribution is -2.34. The number of nitrogens with two attached hydrogens (primary N) is 1. The summed E-state index contributed by atoms with van der Waals surface area (Å²) in [6.07, 6.45) is 0. The Kier molecular flexibility index (Phi) is 5.59. The summed E-state index contributed by atoms with van der Waals surface area (Å²) in [5.74, 6) is 0.249. The highest BCUT2D eigenvalue weighted by Crippen LogP contribution is 2.26. The molecule has 0 radical (unpaired) electrons. The molecule has 1 aromatic carbocycles. The number of methoxy groups -OCH3 is 1. The van der Waals surface area contributed by atoms with E-state index in [2.05, 4.69) is 12.1 Å². The third-order valence-corrected chi connectivity index (χ3v) is 3.21. The van der Waals surface area contributed by atoms with E-state index in [1.54, 1.807) is 4.90 Å². The molecule has 100 valence electrons. The number of nitrogens with zero attached hydrogens (tertiary/aromatic N) is 1. The average molecular weight is 271 g/mol. The van der Waals surface area contributed by atoms with Crippen LogP contribution in [0, 0.1) is 0 Å². The van der Waals surface area contributed by atoms with E-state index in [1.807, 2.05) is 18.2 Å². The Morgan fingerprint density at radius 1 is 1.39 bits per heavy atom. The lowest BCUT2D eigenvalue weighted by molar-refractivity contribution is -0.134. The Morgan fingerprint density at radius 2 is 2.06 bits per heavy atom. The van der Waals surface area contributed by atoms with Crippen LogP contribution in [0.3, 0.4) is 0 Å². The molecule has 4 nitrogen and oxygen atoms in total. The summed E-state index contributed by atoms with van der Waals surface area (Å²) in [6.45, 7) is 1.43. The lowest BCUT2D eigenvalue weighted by atomic mass is 9.95. The fourth-order valence-corrected chi connectivity index (χ4v) is 2.30. The largest absolute Gasteiger partial charge is 0.375 e. The van der Waals surface area contributed by atoms with E-state index >= 15 is 0 Å². The first kappa shape index (κ1) is 15.0. The van der Waals surface area contributed by atoms with Crippen LogP contribution in [0.1, 0.15) is 11.5 Å². The zero-order valence-corrected chi connectivity index (χ0v) is 11.2. The minimum absolute atomic E-state index is 0. The van der Waals surface area contributed by atoms with Crippen molar-refractivity contribution in [3.05, 3.63) is 35.9 Å². The van der Waals surface area contributed by atoms with Crippen molar-refractivity contribution in [1.29, 1.82) is 0 Å². The maximum atomic E-state index is 11.7. The highest BCUT2D eigenvalue weighted by atomic mass is 35.5. The number of ether oxygens (including phenoxy) is 1. The number of hydrogen-bond acceptors (Lipinski definition) is 3. The number of likely N-dealkylation sites (tertiary alicyclic amines) is 1. The van der Waals surface area contributed by atoms with Crippen molar-refractivity contribution < 1.29 is 9.53 Å². The first-order valence-corrected chi connectivity index (χ1v) is 5.79. The summed E-state index contributed by atoms with van der Waals surface area (Å²) in [5, 5.41) is 0. The molecule has 1 aliphatic heterocycles. The van der Waals surface area contributed by atoms with Gasteiger partial charge in [0.1, 0.15) is 6.61 Å². The van der Waals surface area contributed by atoms with Gasteiger partial charge in [-0.25, -0.2) is 0 Å². The summed E-state index contributed by atoms with van der Waals surface area (Å²) < 4.78 is 4.86. The zero-order valence-electron chi connectivity index (χ0n) is 10.4. The molecule has 1 saturated heterocycles. The summed E-state index contributed by atoms with van der Waals surface area (Å²) in [4.78, 5) is 13.5. The van der Waals surface area contributed by atoms with E-state index < -0.39 is 0 Å². The second-order valence-electron chi connectivity index (χ2n) is 4.41. The number of amides is 1. The minimum Gasteiger partial charge on any atom is -0.375 e. The molecule has 0 bridgehead atoms. The molecule has 0 aliphatic carbocycles. The smallest absolute Gasteiger partial charge is 0.248 e. The molecule has 0 spiro atoms. The molecule has 1 heterocycles. The first-order valence-electron chi connectivity index (χ1n) is 5.79. The van der Waals surface area contributed by atoms with Gasteiger partial charge in [0.05, 0.1) is 0 Å². The van der Waals surface area contributed by atoms with Crippen LogP contribution in [0.25, 0.3) is 0 Å². The predicted molar refractivity (Wildman–Crippen MR) is 72.9 cm³/mol. The molecule has 1 amide bonds. The second-order valence-corrected chi connectivity index (χ2v) is 4.41. The van der Waals surface area contributed by atoms with E-state index in [4.69, 9.17) is 10.5 Å². The number of benzene rings is 1. The van der Waals surface area contributed by atoms with Crippen molar-refractivity contribution in [1.82, 2.24) is 4.90 Å². The third-order valence-electron chi connectivity index (χ3n) is 3.21. The number of carbonyl (C=O) groups is 1. The molecule has 1 aliphatic rings. The molecule has 2 rings (SSSR count). The standard InChI is InChI=1S/C13H18N2O2.ClH/c1-17-9-13(16)15-7-11(12(14)8-15)10-5-3-2-4-6-10;/h2-6,11-12H,7-9,14H2,1H3;1H/t11-,12+;/m0./s1. The molecule has 2 atom stereocenters. The van der Waals surface area contributed by atoms with Crippen LogP contribution in [0.2, 0.25) is 0 Å². The van der Waals surface area contributed by atoms with Crippen molar-refractivity contribution in [3.63, 3.8) is 0 Å². The van der Waals surface area contributed by atoms with Gasteiger partial charge in [0.15, 0.2) is 0 Å². The monoisotopic (exact) mass is 270 g/mol. The Hall–Kier alpha value is -1.10. The van der Waals surface area contributed by atoms with Crippen LogP contribution >= 0.6 is 12.4 Å². The number of hydrogen-bond donors (Lipinski definition) is 1. The number of carbonyl (C=O) groups excluding carboxylic acids is 1. The highest BCUT2D eigenvalue weighted by molar-refractivity contribution is 5.85. The Bertz CT molecular complexity index is 386. The van der Waals surface area contributed by atoms with Gasteiger partial charge >= 0.3 is 0 Å². The van der Waals surface area contributed by atoms with Gasteiger partial charge < -0.3 is 15.4 Å². The average Bonchev–Trinajstić information content (AvgIpc) is 2.73. The second kappa shape index (κ2) is 6.73. The first-order chi connectivity index (χ1) is 8.22. The Balaban J connectivity index is 0.00000162. The van der Waals surface area contributed by atoms with Crippen molar-refractivity contribution >= 4 is 18.3 Å². The van der Waals surface area contributed by atoms with Gasteiger partial charge in [0, 0.05) is 32.2 Å². The molecule has 5 heteroatoms. The maximum Gasteiger partial charge on any atom is 0.248 e. The van der Waals surface area contributed by atoms with Gasteiger partial charge in [-0.2, -0.15) is 0 Å². The Morgan fingerprint density at radius 3 is 2.67 bits per heavy atom. The minimum atomic E-state index is 0. The predicted octanol–water partition coefficient (Wildman–Crippen LogP) is 1.01. The lowest BCUT2D eigenvalue weighted by Gasteiger charge is -2.15. The van der Waals surface area contributed by atoms with Gasteiger partial charge in [-0.05, 0) is 5.56 Å². The van der Waals surface area contributed by atoms with E-state index in [1.165, 1.54) is 12.7 Å². The van der Waals surface area contributed by atoms with Crippen LogP contribution in [0.5, 0.6) is 0 Å². The van der Waals surface area contributed by atoms with Crippen LogP contribution in [-0.2, 0) is 9.53 Å². The Labute approximate surface area is 114 Å². The quantitative estimate of drug-likeness (QED) is 0.892. The van der Waals surface area contributed by atoms with Gasteiger partial charge in [-0.3, -0.25) is 4.79 Å². The zero-order chi connectivity index (χ0) is 12.3. The van der Waals surface area contributed by atoms with Crippen LogP contribution in [0.15, 0.2) is 30.3 Å². The highest BCUT2D eigenvalue weighted by Gasteiger charge is 2.33.